The van der Waals surface area contributed by atoms with E-state index in [1.54, 1.807) is 0 Å². The largest absolute Gasteiger partial charge is 0.347 e. The SMILES string of the molecule is CCCC1(CCC)c2ccccc2-c2cc3c(cc21)N(C)/C(=C\C=C1/CC/C(=C/C=C2/N(C)c4cc5c(cc4C2(C)C)-c2ccccc2C5(CCC)CCC)C1=O)C3(C)C. The zero-order valence-corrected chi connectivity index (χ0v) is 38.1. The first-order valence-electron chi connectivity index (χ1n) is 23.2. The quantitative estimate of drug-likeness (QED) is 0.149. The molecule has 5 aliphatic rings. The molecule has 3 aliphatic carbocycles. The van der Waals surface area contributed by atoms with Crippen molar-refractivity contribution in [2.75, 3.05) is 23.9 Å². The zero-order valence-electron chi connectivity index (χ0n) is 38.1. The predicted octanol–water partition coefficient (Wildman–Crippen LogP) is 14.6. The van der Waals surface area contributed by atoms with Gasteiger partial charge in [-0.2, -0.15) is 0 Å². The van der Waals surface area contributed by atoms with Gasteiger partial charge >= 0.3 is 0 Å². The van der Waals surface area contributed by atoms with Crippen LogP contribution in [0.5, 0.6) is 0 Å². The van der Waals surface area contributed by atoms with Crippen molar-refractivity contribution in [3.63, 3.8) is 0 Å². The molecule has 2 heterocycles. The zero-order chi connectivity index (χ0) is 42.4. The molecule has 0 bridgehead atoms. The molecule has 60 heavy (non-hydrogen) atoms. The van der Waals surface area contributed by atoms with Crippen LogP contribution in [0.3, 0.4) is 0 Å². The van der Waals surface area contributed by atoms with Gasteiger partial charge in [-0.1, -0.05) is 142 Å². The molecule has 9 rings (SSSR count). The molecule has 1 saturated carbocycles. The molecule has 310 valence electrons. The number of benzene rings is 4. The highest BCUT2D eigenvalue weighted by molar-refractivity contribution is 6.11. The molecule has 4 aromatic carbocycles. The molecule has 2 aliphatic heterocycles. The summed E-state index contributed by atoms with van der Waals surface area (Å²) in [5, 5.41) is 0. The number of anilines is 2. The second kappa shape index (κ2) is 14.6. The number of fused-ring (bicyclic) bond motifs is 8. The molecule has 0 unspecified atom stereocenters. The first-order chi connectivity index (χ1) is 28.8. The molecule has 4 aromatic rings. The number of nitrogens with zero attached hydrogens (tertiary/aromatic N) is 2. The normalized spacial score (nSPS) is 22.2. The summed E-state index contributed by atoms with van der Waals surface area (Å²) >= 11 is 0. The molecular formula is C57H66N2O. The minimum absolute atomic E-state index is 0.0605. The van der Waals surface area contributed by atoms with Crippen molar-refractivity contribution in [2.24, 2.45) is 0 Å². The smallest absolute Gasteiger partial charge is 0.185 e. The summed E-state index contributed by atoms with van der Waals surface area (Å²) in [6.45, 7) is 18.7. The van der Waals surface area contributed by atoms with Crippen LogP contribution in [0.15, 0.2) is 120 Å². The van der Waals surface area contributed by atoms with E-state index < -0.39 is 0 Å². The molecule has 3 nitrogen and oxygen atoms in total. The number of hydrogen-bond donors (Lipinski definition) is 0. The van der Waals surface area contributed by atoms with Crippen LogP contribution in [0.1, 0.15) is 153 Å². The lowest BCUT2D eigenvalue weighted by Crippen LogP contribution is -2.25. The maximum Gasteiger partial charge on any atom is 0.185 e. The molecule has 3 heteroatoms. The highest BCUT2D eigenvalue weighted by Crippen LogP contribution is 2.60. The van der Waals surface area contributed by atoms with E-state index in [-0.39, 0.29) is 27.4 Å². The summed E-state index contributed by atoms with van der Waals surface area (Å²) in [5.41, 5.74) is 21.1. The Morgan fingerprint density at radius 2 is 0.850 bits per heavy atom. The summed E-state index contributed by atoms with van der Waals surface area (Å²) in [7, 11) is 4.45. The third-order valence-corrected chi connectivity index (χ3v) is 15.7. The Labute approximate surface area is 361 Å². The highest BCUT2D eigenvalue weighted by atomic mass is 16.1. The van der Waals surface area contributed by atoms with E-state index >= 15 is 0 Å². The monoisotopic (exact) mass is 795 g/mol. The summed E-state index contributed by atoms with van der Waals surface area (Å²) in [5.74, 6) is 0.189. The van der Waals surface area contributed by atoms with Gasteiger partial charge in [0.15, 0.2) is 5.78 Å². The van der Waals surface area contributed by atoms with Gasteiger partial charge in [0.05, 0.1) is 0 Å². The number of hydrogen-bond acceptors (Lipinski definition) is 3. The molecule has 0 atom stereocenters. The minimum atomic E-state index is -0.195. The Kier molecular flexibility index (Phi) is 9.88. The minimum Gasteiger partial charge on any atom is -0.347 e. The number of ketones is 1. The van der Waals surface area contributed by atoms with E-state index in [9.17, 15) is 4.79 Å². The number of Topliss-reactive ketones (excluding diaryl/α,β-unsaturated/α-hetero) is 1. The molecule has 0 radical (unpaired) electrons. The van der Waals surface area contributed by atoms with Crippen LogP contribution in [-0.2, 0) is 26.5 Å². The van der Waals surface area contributed by atoms with Gasteiger partial charge in [0, 0.05) is 69.7 Å². The Bertz CT molecular complexity index is 2360. The Hall–Kier alpha value is -4.89. The predicted molar refractivity (Wildman–Crippen MR) is 254 cm³/mol. The Morgan fingerprint density at radius 1 is 0.483 bits per heavy atom. The number of carbonyl (C=O) groups is 1. The lowest BCUT2D eigenvalue weighted by Gasteiger charge is -2.32. The fourth-order valence-corrected chi connectivity index (χ4v) is 13.0. The lowest BCUT2D eigenvalue weighted by atomic mass is 9.71. The van der Waals surface area contributed by atoms with Crippen LogP contribution >= 0.6 is 0 Å². The van der Waals surface area contributed by atoms with E-state index in [1.165, 1.54) is 78.4 Å². The van der Waals surface area contributed by atoms with Crippen molar-refractivity contribution < 1.29 is 4.79 Å². The van der Waals surface area contributed by atoms with Crippen molar-refractivity contribution >= 4 is 17.2 Å². The first-order valence-corrected chi connectivity index (χ1v) is 23.2. The topological polar surface area (TPSA) is 23.6 Å². The molecule has 0 saturated heterocycles. The van der Waals surface area contributed by atoms with Gasteiger partial charge in [-0.15, -0.1) is 0 Å². The Morgan fingerprint density at radius 3 is 1.22 bits per heavy atom. The van der Waals surface area contributed by atoms with Gasteiger partial charge in [-0.05, 0) is 131 Å². The van der Waals surface area contributed by atoms with Crippen LogP contribution < -0.4 is 9.80 Å². The third kappa shape index (κ3) is 5.63. The van der Waals surface area contributed by atoms with Gasteiger partial charge in [0.25, 0.3) is 0 Å². The summed E-state index contributed by atoms with van der Waals surface area (Å²) in [6.07, 6.45) is 19.6. The fourth-order valence-electron chi connectivity index (χ4n) is 13.0. The van der Waals surface area contributed by atoms with Gasteiger partial charge in [-0.25, -0.2) is 0 Å². The van der Waals surface area contributed by atoms with Crippen molar-refractivity contribution in [3.05, 3.63) is 153 Å². The molecule has 1 fully saturated rings. The second-order valence-electron chi connectivity index (χ2n) is 19.8. The van der Waals surface area contributed by atoms with E-state index in [1.807, 2.05) is 0 Å². The van der Waals surface area contributed by atoms with Crippen molar-refractivity contribution in [1.29, 1.82) is 0 Å². The fraction of sp³-hybridized carbons (Fsp3) is 0.421. The molecular weight excluding hydrogens is 729 g/mol. The number of carbonyl (C=O) groups excluding carboxylic acids is 1. The molecule has 0 N–H and O–H groups in total. The van der Waals surface area contributed by atoms with Crippen LogP contribution in [0, 0.1) is 0 Å². The number of likely N-dealkylation sites (N-methyl/N-ethyl adjacent to an activating group) is 2. The first kappa shape index (κ1) is 40.5. The summed E-state index contributed by atoms with van der Waals surface area (Å²) < 4.78 is 0. The maximum absolute atomic E-state index is 14.1. The lowest BCUT2D eigenvalue weighted by molar-refractivity contribution is -0.111. The molecule has 0 aromatic heterocycles. The van der Waals surface area contributed by atoms with Crippen molar-refractivity contribution in [1.82, 2.24) is 0 Å². The third-order valence-electron chi connectivity index (χ3n) is 15.7. The van der Waals surface area contributed by atoms with E-state index in [2.05, 4.69) is 176 Å². The van der Waals surface area contributed by atoms with Crippen molar-refractivity contribution in [3.8, 4) is 22.3 Å². The van der Waals surface area contributed by atoms with E-state index in [0.717, 1.165) is 75.4 Å². The average molecular weight is 795 g/mol. The Balaban J connectivity index is 1.01. The van der Waals surface area contributed by atoms with Gasteiger partial charge in [0.1, 0.15) is 0 Å². The van der Waals surface area contributed by atoms with Gasteiger partial charge in [-0.3, -0.25) is 4.79 Å². The van der Waals surface area contributed by atoms with Gasteiger partial charge < -0.3 is 9.80 Å². The second-order valence-corrected chi connectivity index (χ2v) is 19.8. The van der Waals surface area contributed by atoms with Crippen LogP contribution in [-0.4, -0.2) is 19.9 Å². The van der Waals surface area contributed by atoms with Crippen LogP contribution in [0.25, 0.3) is 22.3 Å². The van der Waals surface area contributed by atoms with Crippen LogP contribution in [0.4, 0.5) is 11.4 Å². The van der Waals surface area contributed by atoms with Crippen LogP contribution in [0.2, 0.25) is 0 Å². The summed E-state index contributed by atoms with van der Waals surface area (Å²) in [6, 6.07) is 28.4. The number of allylic oxidation sites excluding steroid dienone is 8. The summed E-state index contributed by atoms with van der Waals surface area (Å²) in [4.78, 5) is 18.9. The highest BCUT2D eigenvalue weighted by Gasteiger charge is 2.48. The maximum atomic E-state index is 14.1. The van der Waals surface area contributed by atoms with Gasteiger partial charge in [0.2, 0.25) is 0 Å². The standard InChI is InChI=1S/C57H66N2O/c1-11-29-56(30-12-2)43-21-17-15-19-39(43)41-33-47-49(35-45(41)56)58(9)51(54(47,5)6)27-25-37-23-24-38(53(37)60)26-28-52-55(7,8)48-34-42-40-20-16-18-22-44(40)57(31-13-3,32-14-4)46(42)36-50(48)59(52)10/h15-22,25-28,33-36H,11-14,23-24,29-32H2,1-10H3/b37-25-,38-26+,51-27+,52-28-. The molecule has 0 amide bonds. The van der Waals surface area contributed by atoms with Crippen molar-refractivity contribution in [2.45, 2.75) is 141 Å². The van der Waals surface area contributed by atoms with E-state index in [0.29, 0.717) is 0 Å². The number of rotatable bonds is 10. The molecule has 0 spiro atoms. The van der Waals surface area contributed by atoms with E-state index in [4.69, 9.17) is 0 Å². The average Bonchev–Trinajstić information content (AvgIpc) is 3.91.